The van der Waals surface area contributed by atoms with Crippen LogP contribution >= 0.6 is 0 Å². The molecule has 0 unspecified atom stereocenters. The number of carbonyl (C=O) groups excluding carboxylic acids is 2. The van der Waals surface area contributed by atoms with Gasteiger partial charge in [-0.25, -0.2) is 0 Å². The minimum atomic E-state index is -0.462. The van der Waals surface area contributed by atoms with Crippen molar-refractivity contribution < 1.29 is 19.1 Å². The first-order valence-electron chi connectivity index (χ1n) is 9.94. The number of rotatable bonds is 8. The Morgan fingerprint density at radius 3 is 2.19 bits per heavy atom. The van der Waals surface area contributed by atoms with Crippen LogP contribution in [-0.4, -0.2) is 26.0 Å². The van der Waals surface area contributed by atoms with E-state index in [9.17, 15) is 9.59 Å². The molecule has 0 aliphatic rings. The van der Waals surface area contributed by atoms with E-state index in [1.54, 1.807) is 67.8 Å². The summed E-state index contributed by atoms with van der Waals surface area (Å²) in [5.41, 5.74) is 1.95. The number of para-hydroxylation sites is 1. The summed E-state index contributed by atoms with van der Waals surface area (Å²) in [5, 5.41) is 5.48. The number of ether oxygens (including phenoxy) is 2. The summed E-state index contributed by atoms with van der Waals surface area (Å²) in [7, 11) is 3.06. The van der Waals surface area contributed by atoms with Crippen LogP contribution in [0.15, 0.2) is 96.7 Å². The third kappa shape index (κ3) is 6.09. The second kappa shape index (κ2) is 11.2. The molecule has 3 rings (SSSR count). The standard InChI is InChI=1S/C26H24N2O4/c1-31-21-17-15-20(16-18-21)27-26(30)23(13-8-11-19-9-4-3-5-10-19)28-25(29)22-12-6-7-14-24(22)32-2/h3-18H,1-2H3,(H,27,30)(H,28,29)/b11-8+,23-13+. The normalized spacial score (nSPS) is 11.1. The Morgan fingerprint density at radius 2 is 1.50 bits per heavy atom. The van der Waals surface area contributed by atoms with Crippen LogP contribution in [0.1, 0.15) is 15.9 Å². The fraction of sp³-hybridized carbons (Fsp3) is 0.0769. The van der Waals surface area contributed by atoms with Gasteiger partial charge in [0, 0.05) is 5.69 Å². The average Bonchev–Trinajstić information content (AvgIpc) is 2.84. The number of amides is 2. The topological polar surface area (TPSA) is 76.7 Å². The zero-order valence-electron chi connectivity index (χ0n) is 17.9. The summed E-state index contributed by atoms with van der Waals surface area (Å²) >= 11 is 0. The van der Waals surface area contributed by atoms with E-state index in [0.717, 1.165) is 5.56 Å². The molecule has 0 saturated heterocycles. The Bertz CT molecular complexity index is 1120. The van der Waals surface area contributed by atoms with Crippen molar-refractivity contribution in [2.24, 2.45) is 0 Å². The molecule has 6 nitrogen and oxygen atoms in total. The van der Waals surface area contributed by atoms with Crippen molar-refractivity contribution in [1.82, 2.24) is 5.32 Å². The number of carbonyl (C=O) groups is 2. The minimum Gasteiger partial charge on any atom is -0.497 e. The number of hydrogen-bond acceptors (Lipinski definition) is 4. The largest absolute Gasteiger partial charge is 0.497 e. The molecule has 3 aromatic rings. The Balaban J connectivity index is 1.84. The van der Waals surface area contributed by atoms with E-state index in [1.807, 2.05) is 36.4 Å². The Labute approximate surface area is 187 Å². The molecule has 32 heavy (non-hydrogen) atoms. The molecule has 0 heterocycles. The minimum absolute atomic E-state index is 0.0869. The second-order valence-electron chi connectivity index (χ2n) is 6.69. The van der Waals surface area contributed by atoms with E-state index in [1.165, 1.54) is 7.11 Å². The van der Waals surface area contributed by atoms with Crippen LogP contribution in [-0.2, 0) is 4.79 Å². The van der Waals surface area contributed by atoms with Crippen molar-refractivity contribution in [3.63, 3.8) is 0 Å². The van der Waals surface area contributed by atoms with Crippen molar-refractivity contribution in [2.75, 3.05) is 19.5 Å². The van der Waals surface area contributed by atoms with E-state index < -0.39 is 11.8 Å². The van der Waals surface area contributed by atoms with E-state index in [0.29, 0.717) is 22.7 Å². The van der Waals surface area contributed by atoms with Crippen LogP contribution in [0.2, 0.25) is 0 Å². The van der Waals surface area contributed by atoms with Crippen LogP contribution < -0.4 is 20.1 Å². The highest BCUT2D eigenvalue weighted by Crippen LogP contribution is 2.18. The number of allylic oxidation sites excluding steroid dienone is 2. The molecule has 3 aromatic carbocycles. The van der Waals surface area contributed by atoms with Crippen molar-refractivity contribution in [2.45, 2.75) is 0 Å². The van der Waals surface area contributed by atoms with Gasteiger partial charge in [0.1, 0.15) is 17.2 Å². The SMILES string of the molecule is COc1ccc(NC(=O)/C(=C\C=C\c2ccccc2)NC(=O)c2ccccc2OC)cc1. The summed E-state index contributed by atoms with van der Waals surface area (Å²) in [5.74, 6) is 0.177. The predicted octanol–water partition coefficient (Wildman–Crippen LogP) is 4.67. The lowest BCUT2D eigenvalue weighted by atomic mass is 10.1. The summed E-state index contributed by atoms with van der Waals surface area (Å²) in [6, 6.07) is 23.4. The van der Waals surface area contributed by atoms with Crippen molar-refractivity contribution in [3.8, 4) is 11.5 Å². The summed E-state index contributed by atoms with van der Waals surface area (Å²) in [4.78, 5) is 25.8. The van der Waals surface area contributed by atoms with Crippen LogP contribution in [0.3, 0.4) is 0 Å². The van der Waals surface area contributed by atoms with E-state index in [-0.39, 0.29) is 5.70 Å². The molecular weight excluding hydrogens is 404 g/mol. The number of hydrogen-bond donors (Lipinski definition) is 2. The zero-order valence-corrected chi connectivity index (χ0v) is 17.9. The number of benzene rings is 3. The first-order chi connectivity index (χ1) is 15.6. The summed E-state index contributed by atoms with van der Waals surface area (Å²) < 4.78 is 10.4. The van der Waals surface area contributed by atoms with Gasteiger partial charge in [-0.1, -0.05) is 54.6 Å². The molecular formula is C26H24N2O4. The maximum Gasteiger partial charge on any atom is 0.272 e. The molecule has 0 aromatic heterocycles. The quantitative estimate of drug-likeness (QED) is 0.404. The highest BCUT2D eigenvalue weighted by atomic mass is 16.5. The lowest BCUT2D eigenvalue weighted by Gasteiger charge is -2.12. The van der Waals surface area contributed by atoms with Gasteiger partial charge in [0.25, 0.3) is 11.8 Å². The average molecular weight is 428 g/mol. The van der Waals surface area contributed by atoms with Gasteiger partial charge in [-0.2, -0.15) is 0 Å². The molecule has 0 radical (unpaired) electrons. The lowest BCUT2D eigenvalue weighted by Crippen LogP contribution is -2.31. The monoisotopic (exact) mass is 428 g/mol. The van der Waals surface area contributed by atoms with Gasteiger partial charge in [-0.3, -0.25) is 9.59 Å². The smallest absolute Gasteiger partial charge is 0.272 e. The zero-order chi connectivity index (χ0) is 22.8. The molecule has 6 heteroatoms. The van der Waals surface area contributed by atoms with E-state index in [2.05, 4.69) is 10.6 Å². The van der Waals surface area contributed by atoms with Crippen LogP contribution in [0.25, 0.3) is 6.08 Å². The fourth-order valence-electron chi connectivity index (χ4n) is 2.89. The maximum atomic E-state index is 12.9. The predicted molar refractivity (Wildman–Crippen MR) is 126 cm³/mol. The first kappa shape index (κ1) is 22.4. The summed E-state index contributed by atoms with van der Waals surface area (Å²) in [6.45, 7) is 0. The number of nitrogens with one attached hydrogen (secondary N) is 2. The summed E-state index contributed by atoms with van der Waals surface area (Å²) in [6.07, 6.45) is 5.11. The van der Waals surface area contributed by atoms with Crippen molar-refractivity contribution in [3.05, 3.63) is 108 Å². The molecule has 0 fully saturated rings. The molecule has 0 aliphatic heterocycles. The van der Waals surface area contributed by atoms with Gasteiger partial charge in [-0.15, -0.1) is 0 Å². The van der Waals surface area contributed by atoms with E-state index in [4.69, 9.17) is 9.47 Å². The lowest BCUT2D eigenvalue weighted by molar-refractivity contribution is -0.113. The van der Waals surface area contributed by atoms with Gasteiger partial charge in [0.15, 0.2) is 0 Å². The third-order valence-electron chi connectivity index (χ3n) is 4.54. The fourth-order valence-corrected chi connectivity index (χ4v) is 2.89. The Hall–Kier alpha value is -4.32. The Morgan fingerprint density at radius 1 is 0.812 bits per heavy atom. The highest BCUT2D eigenvalue weighted by molar-refractivity contribution is 6.09. The van der Waals surface area contributed by atoms with Crippen LogP contribution in [0.5, 0.6) is 11.5 Å². The molecule has 2 N–H and O–H groups in total. The van der Waals surface area contributed by atoms with Gasteiger partial charge in [0.2, 0.25) is 0 Å². The number of anilines is 1. The number of methoxy groups -OCH3 is 2. The van der Waals surface area contributed by atoms with Crippen molar-refractivity contribution >= 4 is 23.6 Å². The van der Waals surface area contributed by atoms with Crippen molar-refractivity contribution in [1.29, 1.82) is 0 Å². The first-order valence-corrected chi connectivity index (χ1v) is 9.94. The molecule has 0 spiro atoms. The molecule has 162 valence electrons. The Kier molecular flexibility index (Phi) is 7.81. The van der Waals surface area contributed by atoms with Gasteiger partial charge < -0.3 is 20.1 Å². The third-order valence-corrected chi connectivity index (χ3v) is 4.54. The molecule has 0 saturated carbocycles. The van der Waals surface area contributed by atoms with Crippen LogP contribution in [0, 0.1) is 0 Å². The van der Waals surface area contributed by atoms with Gasteiger partial charge in [0.05, 0.1) is 19.8 Å². The van der Waals surface area contributed by atoms with Gasteiger partial charge in [-0.05, 0) is 48.0 Å². The van der Waals surface area contributed by atoms with E-state index >= 15 is 0 Å². The van der Waals surface area contributed by atoms with Gasteiger partial charge >= 0.3 is 0 Å². The molecule has 0 aliphatic carbocycles. The highest BCUT2D eigenvalue weighted by Gasteiger charge is 2.17. The second-order valence-corrected chi connectivity index (χ2v) is 6.69. The van der Waals surface area contributed by atoms with Crippen LogP contribution in [0.4, 0.5) is 5.69 Å². The molecule has 0 bridgehead atoms. The molecule has 2 amide bonds. The molecule has 0 atom stereocenters. The maximum absolute atomic E-state index is 12.9.